The number of carbonyl (C=O) groups excluding carboxylic acids is 2. The first-order valence-electron chi connectivity index (χ1n) is 13.0. The highest BCUT2D eigenvalue weighted by Crippen LogP contribution is 2.13. The van der Waals surface area contributed by atoms with Gasteiger partial charge in [-0.3, -0.25) is 9.59 Å². The molecule has 0 aromatic heterocycles. The van der Waals surface area contributed by atoms with Crippen molar-refractivity contribution in [1.82, 2.24) is 4.90 Å². The van der Waals surface area contributed by atoms with Crippen LogP contribution in [0.2, 0.25) is 0 Å². The molecule has 6 heteroatoms. The van der Waals surface area contributed by atoms with Crippen LogP contribution in [0.4, 0.5) is 0 Å². The Morgan fingerprint density at radius 1 is 0.656 bits per heavy atom. The summed E-state index contributed by atoms with van der Waals surface area (Å²) in [6.45, 7) is 3.35. The van der Waals surface area contributed by atoms with E-state index in [1.165, 1.54) is 77.7 Å². The molecule has 0 rings (SSSR count). The largest absolute Gasteiger partial charge is 0.463 e. The van der Waals surface area contributed by atoms with Crippen LogP contribution in [0.15, 0.2) is 0 Å². The smallest absolute Gasteiger partial charge is 0.305 e. The third-order valence-corrected chi connectivity index (χ3v) is 5.66. The molecule has 0 radical (unpaired) electrons. The van der Waals surface area contributed by atoms with Gasteiger partial charge in [0.15, 0.2) is 0 Å². The highest BCUT2D eigenvalue weighted by Gasteiger charge is 2.14. The summed E-state index contributed by atoms with van der Waals surface area (Å²) in [6.07, 6.45) is 17.9. The molecule has 1 unspecified atom stereocenters. The molecular formula is C26H51NO5. The average molecular weight is 458 g/mol. The lowest BCUT2D eigenvalue weighted by molar-refractivity contribution is -0.153. The Balaban J connectivity index is 3.54. The van der Waals surface area contributed by atoms with Crippen molar-refractivity contribution >= 4 is 11.9 Å². The Morgan fingerprint density at radius 2 is 1.06 bits per heavy atom. The normalized spacial score (nSPS) is 12.2. The van der Waals surface area contributed by atoms with Crippen molar-refractivity contribution in [2.24, 2.45) is 0 Å². The molecule has 0 spiro atoms. The molecule has 6 nitrogen and oxygen atoms in total. The third-order valence-electron chi connectivity index (χ3n) is 5.66. The van der Waals surface area contributed by atoms with Gasteiger partial charge in [-0.05, 0) is 33.5 Å². The molecular weight excluding hydrogens is 406 g/mol. The van der Waals surface area contributed by atoms with Crippen LogP contribution in [0.5, 0.6) is 0 Å². The zero-order valence-corrected chi connectivity index (χ0v) is 21.5. The van der Waals surface area contributed by atoms with Crippen molar-refractivity contribution in [2.45, 2.75) is 116 Å². The van der Waals surface area contributed by atoms with Gasteiger partial charge < -0.3 is 19.1 Å². The maximum absolute atomic E-state index is 11.9. The molecule has 0 aliphatic carbocycles. The molecule has 0 aliphatic heterocycles. The summed E-state index contributed by atoms with van der Waals surface area (Å²) in [5.74, 6) is -0.445. The topological polar surface area (TPSA) is 65.1 Å². The number of methoxy groups -OCH3 is 1. The first-order valence-corrected chi connectivity index (χ1v) is 13.0. The highest BCUT2D eigenvalue weighted by atomic mass is 16.6. The molecule has 0 amide bonds. The molecule has 190 valence electrons. The van der Waals surface area contributed by atoms with E-state index in [1.807, 2.05) is 19.0 Å². The number of nitrogens with zero attached hydrogens (tertiary/aromatic N) is 1. The van der Waals surface area contributed by atoms with E-state index in [0.717, 1.165) is 25.8 Å². The first-order chi connectivity index (χ1) is 15.5. The monoisotopic (exact) mass is 457 g/mol. The second-order valence-electron chi connectivity index (χ2n) is 9.12. The molecule has 0 saturated heterocycles. The lowest BCUT2D eigenvalue weighted by Gasteiger charge is -2.16. The van der Waals surface area contributed by atoms with Gasteiger partial charge in [0.05, 0.1) is 0 Å². The number of rotatable bonds is 23. The summed E-state index contributed by atoms with van der Waals surface area (Å²) in [4.78, 5) is 25.7. The summed E-state index contributed by atoms with van der Waals surface area (Å²) in [7, 11) is 5.47. The number of hydrogen-bond donors (Lipinski definition) is 0. The van der Waals surface area contributed by atoms with Crippen LogP contribution in [0, 0.1) is 0 Å². The van der Waals surface area contributed by atoms with Gasteiger partial charge >= 0.3 is 11.9 Å². The van der Waals surface area contributed by atoms with Crippen molar-refractivity contribution in [1.29, 1.82) is 0 Å². The Labute approximate surface area is 197 Å². The van der Waals surface area contributed by atoms with E-state index in [9.17, 15) is 9.59 Å². The molecule has 0 aliphatic rings. The Bertz CT molecular complexity index is 442. The highest BCUT2D eigenvalue weighted by molar-refractivity contribution is 5.69. The molecule has 0 heterocycles. The fraction of sp³-hybridized carbons (Fsp3) is 0.923. The zero-order valence-electron chi connectivity index (χ0n) is 21.5. The summed E-state index contributed by atoms with van der Waals surface area (Å²) in [5.41, 5.74) is 0. The fourth-order valence-electron chi connectivity index (χ4n) is 3.53. The van der Waals surface area contributed by atoms with Crippen molar-refractivity contribution in [2.75, 3.05) is 41.0 Å². The minimum atomic E-state index is -0.414. The Hall–Kier alpha value is -1.14. The number of ether oxygens (including phenoxy) is 3. The van der Waals surface area contributed by atoms with E-state index in [-0.39, 0.29) is 25.2 Å². The second kappa shape index (κ2) is 23.0. The van der Waals surface area contributed by atoms with Crippen LogP contribution in [0.25, 0.3) is 0 Å². The Morgan fingerprint density at radius 3 is 1.47 bits per heavy atom. The fourth-order valence-corrected chi connectivity index (χ4v) is 3.53. The van der Waals surface area contributed by atoms with Crippen LogP contribution in [-0.2, 0) is 23.8 Å². The van der Waals surface area contributed by atoms with Gasteiger partial charge in [0.1, 0.15) is 19.3 Å². The molecule has 32 heavy (non-hydrogen) atoms. The van der Waals surface area contributed by atoms with Crippen LogP contribution in [0.3, 0.4) is 0 Å². The summed E-state index contributed by atoms with van der Waals surface area (Å²) in [6, 6.07) is 0. The molecule has 0 aromatic rings. The van der Waals surface area contributed by atoms with E-state index < -0.39 is 6.10 Å². The minimum Gasteiger partial charge on any atom is -0.463 e. The van der Waals surface area contributed by atoms with Crippen LogP contribution in [0.1, 0.15) is 110 Å². The standard InChI is InChI=1S/C26H51NO5/c1-5-6-7-8-9-10-11-12-13-14-15-16-17-19-25(28)31-22-24(30-4)23-32-26(29)20-18-21-27(2)3/h24H,5-23H2,1-4H3. The SMILES string of the molecule is CCCCCCCCCCCCCCCC(=O)OCC(COC(=O)CCCN(C)C)OC. The van der Waals surface area contributed by atoms with Gasteiger partial charge in [-0.25, -0.2) is 0 Å². The summed E-state index contributed by atoms with van der Waals surface area (Å²) in [5, 5.41) is 0. The predicted molar refractivity (Wildman–Crippen MR) is 131 cm³/mol. The van der Waals surface area contributed by atoms with Gasteiger partial charge in [0, 0.05) is 20.0 Å². The van der Waals surface area contributed by atoms with E-state index in [0.29, 0.717) is 12.8 Å². The number of hydrogen-bond acceptors (Lipinski definition) is 6. The minimum absolute atomic E-state index is 0.114. The van der Waals surface area contributed by atoms with Crippen LogP contribution in [-0.4, -0.2) is 63.9 Å². The number of unbranched alkanes of at least 4 members (excludes halogenated alkanes) is 12. The first kappa shape index (κ1) is 30.9. The van der Waals surface area contributed by atoms with Gasteiger partial charge in [0.25, 0.3) is 0 Å². The molecule has 0 fully saturated rings. The van der Waals surface area contributed by atoms with E-state index in [1.54, 1.807) is 0 Å². The average Bonchev–Trinajstić information content (AvgIpc) is 2.76. The molecule has 1 atom stereocenters. The van der Waals surface area contributed by atoms with Crippen LogP contribution < -0.4 is 0 Å². The Kier molecular flexibility index (Phi) is 22.2. The lowest BCUT2D eigenvalue weighted by Crippen LogP contribution is -2.27. The molecule has 0 N–H and O–H groups in total. The molecule has 0 aromatic carbocycles. The van der Waals surface area contributed by atoms with E-state index >= 15 is 0 Å². The van der Waals surface area contributed by atoms with Gasteiger partial charge in [-0.1, -0.05) is 84.0 Å². The van der Waals surface area contributed by atoms with E-state index in [2.05, 4.69) is 6.92 Å². The second-order valence-corrected chi connectivity index (χ2v) is 9.12. The van der Waals surface area contributed by atoms with E-state index in [4.69, 9.17) is 14.2 Å². The lowest BCUT2D eigenvalue weighted by atomic mass is 10.0. The molecule has 0 saturated carbocycles. The predicted octanol–water partition coefficient (Wildman–Crippen LogP) is 5.91. The summed E-state index contributed by atoms with van der Waals surface area (Å²) >= 11 is 0. The van der Waals surface area contributed by atoms with Crippen molar-refractivity contribution in [3.8, 4) is 0 Å². The number of carbonyl (C=O) groups is 2. The van der Waals surface area contributed by atoms with Gasteiger partial charge in [0.2, 0.25) is 0 Å². The maximum Gasteiger partial charge on any atom is 0.305 e. The van der Waals surface area contributed by atoms with Gasteiger partial charge in [-0.2, -0.15) is 0 Å². The van der Waals surface area contributed by atoms with Crippen molar-refractivity contribution in [3.05, 3.63) is 0 Å². The maximum atomic E-state index is 11.9. The number of esters is 2. The van der Waals surface area contributed by atoms with Crippen LogP contribution >= 0.6 is 0 Å². The summed E-state index contributed by atoms with van der Waals surface area (Å²) < 4.78 is 15.8. The molecule has 0 bridgehead atoms. The van der Waals surface area contributed by atoms with Crippen molar-refractivity contribution < 1.29 is 23.8 Å². The zero-order chi connectivity index (χ0) is 23.9. The quantitative estimate of drug-likeness (QED) is 0.140. The van der Waals surface area contributed by atoms with Crippen molar-refractivity contribution in [3.63, 3.8) is 0 Å². The third kappa shape index (κ3) is 22.1. The van der Waals surface area contributed by atoms with Gasteiger partial charge in [-0.15, -0.1) is 0 Å².